The number of ether oxygens (including phenoxy) is 1. The van der Waals surface area contributed by atoms with Gasteiger partial charge in [-0.05, 0) is 13.8 Å². The van der Waals surface area contributed by atoms with Crippen LogP contribution >= 0.6 is 0 Å². The summed E-state index contributed by atoms with van der Waals surface area (Å²) in [6, 6.07) is 6.95. The van der Waals surface area contributed by atoms with E-state index in [-0.39, 0.29) is 28.2 Å². The molecule has 0 aliphatic rings. The van der Waals surface area contributed by atoms with Crippen molar-refractivity contribution in [3.63, 3.8) is 0 Å². The number of Topliss-reactive ketones (excluding diaryl/α,β-unsaturated/α-hetero) is 1. The number of nitrogens with zero attached hydrogens (tertiary/aromatic N) is 2. The number of carbonyl (C=O) groups excluding carboxylic acids is 2. The third-order valence-corrected chi connectivity index (χ3v) is 3.86. The zero-order valence-electron chi connectivity index (χ0n) is 14.0. The molecule has 0 radical (unpaired) electrons. The molecule has 0 atom stereocenters. The van der Waals surface area contributed by atoms with Gasteiger partial charge in [0.05, 0.1) is 0 Å². The number of ketones is 1. The molecule has 0 bridgehead atoms. The summed E-state index contributed by atoms with van der Waals surface area (Å²) in [4.78, 5) is 40.7. The van der Waals surface area contributed by atoms with Gasteiger partial charge in [0.1, 0.15) is 23.0 Å². The largest absolute Gasteiger partial charge is 0.454 e. The topological polar surface area (TPSA) is 91.4 Å². The minimum atomic E-state index is -0.790. The molecule has 0 unspecified atom stereocenters. The van der Waals surface area contributed by atoms with Crippen LogP contribution in [0.1, 0.15) is 32.0 Å². The maximum Gasteiger partial charge on any atom is 0.343 e. The van der Waals surface area contributed by atoms with Crippen LogP contribution in [0.5, 0.6) is 0 Å². The van der Waals surface area contributed by atoms with E-state index in [2.05, 4.69) is 4.98 Å². The highest BCUT2D eigenvalue weighted by Gasteiger charge is 2.24. The normalized spacial score (nSPS) is 10.8. The van der Waals surface area contributed by atoms with Crippen LogP contribution in [0.4, 0.5) is 0 Å². The summed E-state index contributed by atoms with van der Waals surface area (Å²) >= 11 is 0. The van der Waals surface area contributed by atoms with Gasteiger partial charge in [0.15, 0.2) is 12.4 Å². The summed E-state index contributed by atoms with van der Waals surface area (Å²) < 4.78 is 11.7. The van der Waals surface area contributed by atoms with Crippen LogP contribution in [0.3, 0.4) is 0 Å². The van der Waals surface area contributed by atoms with Crippen LogP contribution in [0.2, 0.25) is 0 Å². The van der Waals surface area contributed by atoms with Crippen LogP contribution < -0.4 is 5.56 Å². The van der Waals surface area contributed by atoms with Crippen molar-refractivity contribution in [2.75, 3.05) is 6.61 Å². The van der Waals surface area contributed by atoms with Gasteiger partial charge in [0.25, 0.3) is 5.56 Å². The summed E-state index contributed by atoms with van der Waals surface area (Å²) in [6.45, 7) is 3.03. The highest BCUT2D eigenvalue weighted by atomic mass is 16.5. The van der Waals surface area contributed by atoms with E-state index in [0.717, 1.165) is 5.56 Å². The second kappa shape index (κ2) is 6.35. The van der Waals surface area contributed by atoms with Crippen molar-refractivity contribution in [3.05, 3.63) is 63.4 Å². The number of aromatic nitrogens is 2. The fourth-order valence-corrected chi connectivity index (χ4v) is 2.46. The number of carbonyl (C=O) groups is 2. The van der Waals surface area contributed by atoms with Gasteiger partial charge in [-0.3, -0.25) is 9.59 Å². The van der Waals surface area contributed by atoms with Gasteiger partial charge < -0.3 is 13.7 Å². The molecule has 0 fully saturated rings. The molecule has 0 N–H and O–H groups in total. The number of rotatable bonds is 4. The quantitative estimate of drug-likeness (QED) is 0.534. The van der Waals surface area contributed by atoms with E-state index >= 15 is 0 Å². The van der Waals surface area contributed by atoms with E-state index in [4.69, 9.17) is 9.15 Å². The van der Waals surface area contributed by atoms with Crippen molar-refractivity contribution in [2.45, 2.75) is 13.8 Å². The third kappa shape index (κ3) is 3.08. The number of hydrogen-bond acceptors (Lipinski definition) is 6. The third-order valence-electron chi connectivity index (χ3n) is 3.86. The molecular weight excluding hydrogens is 324 g/mol. The second-order valence-electron chi connectivity index (χ2n) is 5.74. The molecule has 0 aliphatic heterocycles. The molecule has 0 amide bonds. The lowest BCUT2D eigenvalue weighted by Gasteiger charge is -2.04. The predicted molar refractivity (Wildman–Crippen MR) is 89.8 cm³/mol. The second-order valence-corrected chi connectivity index (χ2v) is 5.74. The Bertz CT molecular complexity index is 1030. The molecule has 0 aliphatic carbocycles. The Hall–Kier alpha value is -3.22. The lowest BCUT2D eigenvalue weighted by Crippen LogP contribution is -2.20. The summed E-state index contributed by atoms with van der Waals surface area (Å²) in [5, 5.41) is 0.0512. The number of benzene rings is 1. The van der Waals surface area contributed by atoms with E-state index in [1.54, 1.807) is 31.2 Å². The van der Waals surface area contributed by atoms with Crippen LogP contribution in [0, 0.1) is 13.8 Å². The Kier molecular flexibility index (Phi) is 4.22. The number of esters is 1. The number of furan rings is 1. The van der Waals surface area contributed by atoms with Crippen molar-refractivity contribution < 1.29 is 18.7 Å². The molecule has 1 aromatic carbocycles. The van der Waals surface area contributed by atoms with E-state index < -0.39 is 18.1 Å². The first kappa shape index (κ1) is 16.6. The van der Waals surface area contributed by atoms with Crippen LogP contribution in [0.25, 0.3) is 11.1 Å². The molecule has 25 heavy (non-hydrogen) atoms. The Balaban J connectivity index is 1.84. The van der Waals surface area contributed by atoms with Gasteiger partial charge in [-0.1, -0.05) is 29.8 Å². The minimum Gasteiger partial charge on any atom is -0.454 e. The van der Waals surface area contributed by atoms with Gasteiger partial charge in [0, 0.05) is 12.6 Å². The maximum absolute atomic E-state index is 12.4. The fraction of sp³-hybridized carbons (Fsp3) is 0.222. The Morgan fingerprint density at radius 3 is 2.56 bits per heavy atom. The Morgan fingerprint density at radius 1 is 1.20 bits per heavy atom. The summed E-state index contributed by atoms with van der Waals surface area (Å²) in [6.07, 6.45) is 1.31. The van der Waals surface area contributed by atoms with E-state index in [1.807, 2.05) is 6.92 Å². The highest BCUT2D eigenvalue weighted by Crippen LogP contribution is 2.21. The highest BCUT2D eigenvalue weighted by molar-refractivity contribution is 6.05. The molecule has 0 saturated carbocycles. The van der Waals surface area contributed by atoms with E-state index in [9.17, 15) is 14.4 Å². The molecule has 3 aromatic rings. The minimum absolute atomic E-state index is 0.000376. The van der Waals surface area contributed by atoms with Crippen molar-refractivity contribution in [2.24, 2.45) is 7.05 Å². The molecule has 3 rings (SSSR count). The van der Waals surface area contributed by atoms with Crippen molar-refractivity contribution in [1.29, 1.82) is 0 Å². The fourth-order valence-electron chi connectivity index (χ4n) is 2.46. The number of fused-ring (bicyclic) bond motifs is 1. The van der Waals surface area contributed by atoms with Crippen molar-refractivity contribution >= 4 is 22.9 Å². The van der Waals surface area contributed by atoms with Crippen molar-refractivity contribution in [3.8, 4) is 0 Å². The molecule has 0 saturated heterocycles. The molecule has 7 heteroatoms. The first-order valence-electron chi connectivity index (χ1n) is 7.60. The molecule has 128 valence electrons. The number of aryl methyl sites for hydroxylation is 3. The van der Waals surface area contributed by atoms with Gasteiger partial charge in [-0.2, -0.15) is 0 Å². The summed E-state index contributed by atoms with van der Waals surface area (Å²) in [5.74, 6) is -0.898. The van der Waals surface area contributed by atoms with Gasteiger partial charge >= 0.3 is 5.97 Å². The first-order chi connectivity index (χ1) is 11.9. The average molecular weight is 340 g/mol. The zero-order chi connectivity index (χ0) is 18.1. The molecule has 2 heterocycles. The van der Waals surface area contributed by atoms with Gasteiger partial charge in [-0.25, -0.2) is 9.78 Å². The summed E-state index contributed by atoms with van der Waals surface area (Å²) in [7, 11) is 1.52. The predicted octanol–water partition coefficient (Wildman–Crippen LogP) is 2.18. The lowest BCUT2D eigenvalue weighted by molar-refractivity contribution is 0.0474. The zero-order valence-corrected chi connectivity index (χ0v) is 14.0. The standard InChI is InChI=1S/C18H16N2O5/c1-10-4-6-12(7-5-10)13(21)8-24-18(23)14-11(2)25-16-15(14)17(22)20(3)9-19-16/h4-7,9H,8H2,1-3H3. The molecule has 0 spiro atoms. The monoisotopic (exact) mass is 340 g/mol. The SMILES string of the molecule is Cc1ccc(C(=O)COC(=O)c2c(C)oc3ncn(C)c(=O)c23)cc1. The molecule has 7 nitrogen and oxygen atoms in total. The Morgan fingerprint density at radius 2 is 1.88 bits per heavy atom. The van der Waals surface area contributed by atoms with E-state index in [1.165, 1.54) is 17.9 Å². The lowest BCUT2D eigenvalue weighted by atomic mass is 10.1. The number of hydrogen-bond donors (Lipinski definition) is 0. The average Bonchev–Trinajstić information content (AvgIpc) is 2.93. The summed E-state index contributed by atoms with van der Waals surface area (Å²) in [5.41, 5.74) is 1.12. The maximum atomic E-state index is 12.4. The van der Waals surface area contributed by atoms with Gasteiger partial charge in [-0.15, -0.1) is 0 Å². The van der Waals surface area contributed by atoms with Crippen LogP contribution in [-0.4, -0.2) is 27.9 Å². The Labute approximate surface area is 142 Å². The first-order valence-corrected chi connectivity index (χ1v) is 7.60. The smallest absolute Gasteiger partial charge is 0.343 e. The molecular formula is C18H16N2O5. The van der Waals surface area contributed by atoms with Crippen LogP contribution in [-0.2, 0) is 11.8 Å². The molecule has 2 aromatic heterocycles. The van der Waals surface area contributed by atoms with E-state index in [0.29, 0.717) is 5.56 Å². The van der Waals surface area contributed by atoms with Gasteiger partial charge in [0.2, 0.25) is 5.71 Å². The van der Waals surface area contributed by atoms with Crippen LogP contribution in [0.15, 0.2) is 39.8 Å². The van der Waals surface area contributed by atoms with Crippen molar-refractivity contribution in [1.82, 2.24) is 9.55 Å².